The van der Waals surface area contributed by atoms with Gasteiger partial charge < -0.3 is 15.0 Å². The molecular formula is C23H28N3O3+. The molecule has 0 spiro atoms. The molecule has 1 aliphatic rings. The van der Waals surface area contributed by atoms with Gasteiger partial charge in [-0.25, -0.2) is 9.69 Å². The maximum absolute atomic E-state index is 13.2. The number of amides is 3. The van der Waals surface area contributed by atoms with E-state index in [0.717, 1.165) is 21.8 Å². The van der Waals surface area contributed by atoms with E-state index in [1.165, 1.54) is 4.90 Å². The van der Waals surface area contributed by atoms with Crippen molar-refractivity contribution in [1.82, 2.24) is 10.2 Å². The normalized spacial score (nSPS) is 19.7. The molecule has 6 nitrogen and oxygen atoms in total. The summed E-state index contributed by atoms with van der Waals surface area (Å²) in [5.74, 6) is 0.597. The number of carbonyl (C=O) groups excluding carboxylic acids is 2. The topological polar surface area (TPSA) is 63.1 Å². The van der Waals surface area contributed by atoms with Gasteiger partial charge in [-0.2, -0.15) is 0 Å². The predicted octanol–water partition coefficient (Wildman–Crippen LogP) is 2.08. The molecule has 1 unspecified atom stereocenters. The van der Waals surface area contributed by atoms with Gasteiger partial charge in [-0.3, -0.25) is 4.79 Å². The fraction of sp³-hybridized carbons (Fsp3) is 0.304. The van der Waals surface area contributed by atoms with E-state index >= 15 is 0 Å². The maximum atomic E-state index is 13.2. The number of imide groups is 1. The Kier molecular flexibility index (Phi) is 6.34. The second-order valence-electron chi connectivity index (χ2n) is 7.32. The van der Waals surface area contributed by atoms with Crippen LogP contribution in [0.4, 0.5) is 4.79 Å². The van der Waals surface area contributed by atoms with Crippen LogP contribution in [-0.2, 0) is 16.9 Å². The summed E-state index contributed by atoms with van der Waals surface area (Å²) < 4.78 is 5.50. The van der Waals surface area contributed by atoms with Gasteiger partial charge in [0.05, 0.1) is 7.05 Å². The van der Waals surface area contributed by atoms with Crippen LogP contribution in [-0.4, -0.2) is 37.2 Å². The van der Waals surface area contributed by atoms with Crippen LogP contribution in [0.1, 0.15) is 24.5 Å². The number of nitrogens with one attached hydrogen (secondary N) is 2. The number of hydrogen-bond donors (Lipinski definition) is 2. The quantitative estimate of drug-likeness (QED) is 0.506. The van der Waals surface area contributed by atoms with Gasteiger partial charge in [0.25, 0.3) is 5.91 Å². The van der Waals surface area contributed by atoms with Crippen molar-refractivity contribution in [3.63, 3.8) is 0 Å². The van der Waals surface area contributed by atoms with Crippen LogP contribution in [0.25, 0.3) is 0 Å². The Morgan fingerprint density at radius 1 is 1.14 bits per heavy atom. The molecule has 3 amide bonds. The largest absolute Gasteiger partial charge is 0.490 e. The van der Waals surface area contributed by atoms with Gasteiger partial charge in [-0.1, -0.05) is 49.9 Å². The third-order valence-corrected chi connectivity index (χ3v) is 5.20. The maximum Gasteiger partial charge on any atom is 0.329 e. The van der Waals surface area contributed by atoms with Crippen molar-refractivity contribution in [2.75, 3.05) is 20.3 Å². The summed E-state index contributed by atoms with van der Waals surface area (Å²) in [6, 6.07) is 16.9. The first-order chi connectivity index (χ1) is 14.0. The molecule has 1 fully saturated rings. The summed E-state index contributed by atoms with van der Waals surface area (Å²) >= 11 is 0. The van der Waals surface area contributed by atoms with Crippen LogP contribution in [0.3, 0.4) is 0 Å². The second kappa shape index (κ2) is 8.92. The van der Waals surface area contributed by atoms with Crippen molar-refractivity contribution in [2.45, 2.75) is 25.4 Å². The third kappa shape index (κ3) is 4.32. The number of urea groups is 1. The predicted molar refractivity (Wildman–Crippen MR) is 111 cm³/mol. The molecule has 1 heterocycles. The lowest BCUT2D eigenvalue weighted by Gasteiger charge is -2.26. The highest BCUT2D eigenvalue weighted by Gasteiger charge is 2.52. The van der Waals surface area contributed by atoms with Crippen LogP contribution in [0.15, 0.2) is 67.3 Å². The van der Waals surface area contributed by atoms with Crippen molar-refractivity contribution in [2.24, 2.45) is 0 Å². The monoisotopic (exact) mass is 394 g/mol. The van der Waals surface area contributed by atoms with Crippen LogP contribution in [0, 0.1) is 0 Å². The molecule has 3 rings (SSSR count). The lowest BCUT2D eigenvalue weighted by molar-refractivity contribution is -0.901. The minimum absolute atomic E-state index is 0.191. The van der Waals surface area contributed by atoms with Gasteiger partial charge in [-0.05, 0) is 36.2 Å². The number of nitrogens with zero attached hydrogens (tertiary/aromatic N) is 1. The Labute approximate surface area is 171 Å². The first-order valence-corrected chi connectivity index (χ1v) is 9.83. The zero-order valence-electron chi connectivity index (χ0n) is 17.0. The van der Waals surface area contributed by atoms with Gasteiger partial charge in [0.15, 0.2) is 6.67 Å². The van der Waals surface area contributed by atoms with E-state index in [1.807, 2.05) is 68.6 Å². The average molecular weight is 394 g/mol. The molecule has 1 saturated heterocycles. The first-order valence-electron chi connectivity index (χ1n) is 9.83. The van der Waals surface area contributed by atoms with Gasteiger partial charge in [0.1, 0.15) is 24.4 Å². The van der Waals surface area contributed by atoms with E-state index in [1.54, 1.807) is 6.08 Å². The molecule has 6 heteroatoms. The Hall–Kier alpha value is -3.12. The summed E-state index contributed by atoms with van der Waals surface area (Å²) in [7, 11) is 1.97. The van der Waals surface area contributed by atoms with Crippen LogP contribution in [0.2, 0.25) is 0 Å². The lowest BCUT2D eigenvalue weighted by atomic mass is 9.87. The van der Waals surface area contributed by atoms with Gasteiger partial charge in [-0.15, -0.1) is 0 Å². The van der Waals surface area contributed by atoms with E-state index in [9.17, 15) is 9.59 Å². The number of rotatable bonds is 9. The van der Waals surface area contributed by atoms with E-state index in [2.05, 4.69) is 11.9 Å². The SMILES string of the molecule is C=CCOc1ccc(C[NH+](C)CN2C(=O)N[C@](CC)(c3ccccc3)C2=O)cc1. The first kappa shape index (κ1) is 20.6. The Bertz CT molecular complexity index is 867. The average Bonchev–Trinajstić information content (AvgIpc) is 2.99. The minimum atomic E-state index is -0.983. The fourth-order valence-electron chi connectivity index (χ4n) is 3.66. The van der Waals surface area contributed by atoms with Crippen molar-refractivity contribution >= 4 is 11.9 Å². The lowest BCUT2D eigenvalue weighted by Crippen LogP contribution is -3.09. The summed E-state index contributed by atoms with van der Waals surface area (Å²) in [5.41, 5.74) is 0.935. The molecule has 2 aromatic carbocycles. The molecular weight excluding hydrogens is 366 g/mol. The van der Waals surface area contributed by atoms with Crippen molar-refractivity contribution < 1.29 is 19.2 Å². The molecule has 0 aromatic heterocycles. The molecule has 0 radical (unpaired) electrons. The fourth-order valence-corrected chi connectivity index (χ4v) is 3.66. The highest BCUT2D eigenvalue weighted by atomic mass is 16.5. The third-order valence-electron chi connectivity index (χ3n) is 5.20. The van der Waals surface area contributed by atoms with Crippen LogP contribution < -0.4 is 15.0 Å². The Morgan fingerprint density at radius 3 is 2.45 bits per heavy atom. The Balaban J connectivity index is 1.67. The molecule has 2 atom stereocenters. The van der Waals surface area contributed by atoms with Gasteiger partial charge in [0, 0.05) is 5.56 Å². The van der Waals surface area contributed by atoms with Crippen LogP contribution in [0.5, 0.6) is 5.75 Å². The molecule has 2 aromatic rings. The van der Waals surface area contributed by atoms with Crippen LogP contribution >= 0.6 is 0 Å². The minimum Gasteiger partial charge on any atom is -0.490 e. The molecule has 29 heavy (non-hydrogen) atoms. The van der Waals surface area contributed by atoms with Crippen molar-refractivity contribution in [3.05, 3.63) is 78.4 Å². The number of carbonyl (C=O) groups is 2. The second-order valence-corrected chi connectivity index (χ2v) is 7.32. The van der Waals surface area contributed by atoms with E-state index in [0.29, 0.717) is 26.2 Å². The summed E-state index contributed by atoms with van der Waals surface area (Å²) in [4.78, 5) is 28.2. The number of benzene rings is 2. The van der Waals surface area contributed by atoms with Crippen molar-refractivity contribution in [3.8, 4) is 5.75 Å². The van der Waals surface area contributed by atoms with E-state index in [-0.39, 0.29) is 11.9 Å². The van der Waals surface area contributed by atoms with Gasteiger partial charge in [0.2, 0.25) is 0 Å². The zero-order chi connectivity index (χ0) is 20.9. The molecule has 2 N–H and O–H groups in total. The zero-order valence-corrected chi connectivity index (χ0v) is 17.0. The van der Waals surface area contributed by atoms with Gasteiger partial charge >= 0.3 is 6.03 Å². The Morgan fingerprint density at radius 2 is 1.83 bits per heavy atom. The number of hydrogen-bond acceptors (Lipinski definition) is 3. The van der Waals surface area contributed by atoms with E-state index in [4.69, 9.17) is 4.74 Å². The molecule has 1 aliphatic heterocycles. The van der Waals surface area contributed by atoms with Crippen molar-refractivity contribution in [1.29, 1.82) is 0 Å². The molecule has 0 saturated carbocycles. The highest BCUT2D eigenvalue weighted by Crippen LogP contribution is 2.31. The summed E-state index contributed by atoms with van der Waals surface area (Å²) in [6.07, 6.45) is 2.21. The highest BCUT2D eigenvalue weighted by molar-refractivity contribution is 6.07. The summed E-state index contributed by atoms with van der Waals surface area (Å²) in [5, 5.41) is 2.93. The standard InChI is InChI=1S/C23H27N3O3/c1-4-15-29-20-13-11-18(12-14-20)16-25(3)17-26-21(27)23(5-2,24-22(26)28)19-9-7-6-8-10-19/h4,6-14H,1,5,15-17H2,2-3H3,(H,24,28)/p+1/t23-/m1/s1. The molecule has 0 bridgehead atoms. The number of quaternary nitrogens is 1. The molecule has 152 valence electrons. The number of ether oxygens (including phenoxy) is 1. The smallest absolute Gasteiger partial charge is 0.329 e. The molecule has 0 aliphatic carbocycles. The van der Waals surface area contributed by atoms with E-state index < -0.39 is 5.54 Å². The summed E-state index contributed by atoms with van der Waals surface area (Å²) in [6.45, 7) is 7.01.